The third kappa shape index (κ3) is 4.82. The molecule has 2 saturated heterocycles. The maximum absolute atomic E-state index is 5.58. The molecule has 0 N–H and O–H groups in total. The highest BCUT2D eigenvalue weighted by Crippen LogP contribution is 2.36. The molecule has 2 aromatic carbocycles. The zero-order valence-corrected chi connectivity index (χ0v) is 19.7. The van der Waals surface area contributed by atoms with Crippen molar-refractivity contribution in [3.05, 3.63) is 60.2 Å². The second-order valence-corrected chi connectivity index (χ2v) is 9.88. The summed E-state index contributed by atoms with van der Waals surface area (Å²) in [7, 11) is 1.77. The van der Waals surface area contributed by atoms with E-state index in [4.69, 9.17) is 4.74 Å². The second kappa shape index (κ2) is 10.3. The van der Waals surface area contributed by atoms with Crippen LogP contribution in [0.4, 0.5) is 5.69 Å². The molecule has 0 amide bonds. The van der Waals surface area contributed by atoms with Crippen LogP contribution in [0.1, 0.15) is 50.0 Å². The summed E-state index contributed by atoms with van der Waals surface area (Å²) in [6, 6.07) is 21.2. The molecular formula is C28H39N3O. The number of piperidine rings is 1. The molecule has 0 spiro atoms. The lowest BCUT2D eigenvalue weighted by molar-refractivity contribution is 0.0656. The first kappa shape index (κ1) is 21.8. The Morgan fingerprint density at radius 3 is 1.91 bits per heavy atom. The van der Waals surface area contributed by atoms with Crippen LogP contribution in [0.15, 0.2) is 54.6 Å². The van der Waals surface area contributed by atoms with E-state index < -0.39 is 0 Å². The number of likely N-dealkylation sites (tertiary alicyclic amines) is 1. The molecule has 0 bridgehead atoms. The van der Waals surface area contributed by atoms with E-state index >= 15 is 0 Å². The largest absolute Gasteiger partial charge is 0.495 e. The highest BCUT2D eigenvalue weighted by Gasteiger charge is 2.32. The lowest BCUT2D eigenvalue weighted by atomic mass is 9.81. The second-order valence-electron chi connectivity index (χ2n) is 9.88. The standard InChI is InChI=1S/C28H39N3O/c1-32-28-10-6-5-9-27(28)31-21-19-30(20-22-31)26-15-17-29(18-16-26)25-13-11-24(12-14-25)23-7-3-2-4-8-23/h2-10,24-26H,11-22H2,1H3. The molecule has 5 rings (SSSR count). The third-order valence-corrected chi connectivity index (χ3v) is 8.24. The third-order valence-electron chi connectivity index (χ3n) is 8.24. The van der Waals surface area contributed by atoms with Gasteiger partial charge in [-0.2, -0.15) is 0 Å². The number of ether oxygens (including phenoxy) is 1. The van der Waals surface area contributed by atoms with Crippen molar-refractivity contribution in [1.82, 2.24) is 9.80 Å². The Balaban J connectivity index is 1.07. The number of benzene rings is 2. The van der Waals surface area contributed by atoms with Crippen molar-refractivity contribution in [3.63, 3.8) is 0 Å². The van der Waals surface area contributed by atoms with Crippen LogP contribution in [0, 0.1) is 0 Å². The van der Waals surface area contributed by atoms with Crippen LogP contribution in [0.3, 0.4) is 0 Å². The summed E-state index contributed by atoms with van der Waals surface area (Å²) in [5.41, 5.74) is 2.80. The van der Waals surface area contributed by atoms with E-state index in [1.165, 1.54) is 70.4 Å². The van der Waals surface area contributed by atoms with Crippen molar-refractivity contribution in [1.29, 1.82) is 0 Å². The van der Waals surface area contributed by atoms with Crippen LogP contribution >= 0.6 is 0 Å². The normalized spacial score (nSPS) is 26.2. The number of hydrogen-bond donors (Lipinski definition) is 0. The van der Waals surface area contributed by atoms with E-state index in [1.54, 1.807) is 12.7 Å². The molecule has 1 saturated carbocycles. The van der Waals surface area contributed by atoms with Gasteiger partial charge in [0, 0.05) is 38.3 Å². The molecular weight excluding hydrogens is 394 g/mol. The van der Waals surface area contributed by atoms with Gasteiger partial charge in [-0.15, -0.1) is 0 Å². The molecule has 4 nitrogen and oxygen atoms in total. The highest BCUT2D eigenvalue weighted by molar-refractivity contribution is 5.58. The first-order valence-corrected chi connectivity index (χ1v) is 12.7. The molecule has 0 aromatic heterocycles. The number of para-hydroxylation sites is 2. The number of anilines is 1. The minimum atomic E-state index is 0.770. The Morgan fingerprint density at radius 1 is 0.625 bits per heavy atom. The Labute approximate surface area is 194 Å². The summed E-state index contributed by atoms with van der Waals surface area (Å²) in [6.45, 7) is 7.13. The Hall–Kier alpha value is -2.04. The van der Waals surface area contributed by atoms with Gasteiger partial charge >= 0.3 is 0 Å². The summed E-state index contributed by atoms with van der Waals surface area (Å²) in [6.07, 6.45) is 8.16. The molecule has 32 heavy (non-hydrogen) atoms. The maximum Gasteiger partial charge on any atom is 0.142 e. The van der Waals surface area contributed by atoms with Crippen molar-refractivity contribution in [2.24, 2.45) is 0 Å². The van der Waals surface area contributed by atoms with Crippen molar-refractivity contribution in [2.45, 2.75) is 56.5 Å². The van der Waals surface area contributed by atoms with E-state index in [9.17, 15) is 0 Å². The molecule has 2 heterocycles. The Kier molecular flexibility index (Phi) is 6.99. The summed E-state index contributed by atoms with van der Waals surface area (Å²) in [4.78, 5) is 8.08. The van der Waals surface area contributed by atoms with Crippen molar-refractivity contribution < 1.29 is 4.74 Å². The lowest BCUT2D eigenvalue weighted by Crippen LogP contribution is -2.54. The van der Waals surface area contributed by atoms with Gasteiger partial charge in [-0.3, -0.25) is 4.90 Å². The molecule has 3 fully saturated rings. The van der Waals surface area contributed by atoms with Crippen LogP contribution in [-0.2, 0) is 0 Å². The van der Waals surface area contributed by atoms with Crippen LogP contribution in [0.2, 0.25) is 0 Å². The van der Waals surface area contributed by atoms with Gasteiger partial charge < -0.3 is 14.5 Å². The minimum absolute atomic E-state index is 0.770. The molecule has 2 aliphatic heterocycles. The van der Waals surface area contributed by atoms with Gasteiger partial charge in [-0.1, -0.05) is 42.5 Å². The van der Waals surface area contributed by atoms with E-state index in [0.717, 1.165) is 36.8 Å². The molecule has 3 aliphatic rings. The predicted molar refractivity (Wildman–Crippen MR) is 133 cm³/mol. The van der Waals surface area contributed by atoms with Crippen LogP contribution in [-0.4, -0.2) is 68.3 Å². The number of piperazine rings is 1. The zero-order valence-electron chi connectivity index (χ0n) is 19.7. The van der Waals surface area contributed by atoms with Gasteiger partial charge in [-0.25, -0.2) is 0 Å². The van der Waals surface area contributed by atoms with Gasteiger partial charge in [0.05, 0.1) is 12.8 Å². The quantitative estimate of drug-likeness (QED) is 0.660. The molecule has 1 aliphatic carbocycles. The minimum Gasteiger partial charge on any atom is -0.495 e. The highest BCUT2D eigenvalue weighted by atomic mass is 16.5. The van der Waals surface area contributed by atoms with Gasteiger partial charge in [0.1, 0.15) is 5.75 Å². The summed E-state index contributed by atoms with van der Waals surface area (Å²) in [5.74, 6) is 1.78. The van der Waals surface area contributed by atoms with E-state index in [2.05, 4.69) is 69.3 Å². The molecule has 0 unspecified atom stereocenters. The van der Waals surface area contributed by atoms with Crippen LogP contribution in [0.5, 0.6) is 5.75 Å². The first-order chi connectivity index (χ1) is 15.8. The fourth-order valence-corrected chi connectivity index (χ4v) is 6.33. The molecule has 2 aromatic rings. The molecule has 4 heteroatoms. The molecule has 172 valence electrons. The average Bonchev–Trinajstić information content (AvgIpc) is 2.89. The van der Waals surface area contributed by atoms with Gasteiger partial charge in [0.15, 0.2) is 0 Å². The fraction of sp³-hybridized carbons (Fsp3) is 0.571. The molecule has 0 radical (unpaired) electrons. The van der Waals surface area contributed by atoms with Gasteiger partial charge in [0.25, 0.3) is 0 Å². The zero-order chi connectivity index (χ0) is 21.8. The summed E-state index contributed by atoms with van der Waals surface area (Å²) in [5, 5.41) is 0. The van der Waals surface area contributed by atoms with E-state index in [-0.39, 0.29) is 0 Å². The van der Waals surface area contributed by atoms with E-state index in [0.29, 0.717) is 0 Å². The number of rotatable bonds is 5. The maximum atomic E-state index is 5.58. The Morgan fingerprint density at radius 2 is 1.22 bits per heavy atom. The monoisotopic (exact) mass is 433 g/mol. The smallest absolute Gasteiger partial charge is 0.142 e. The SMILES string of the molecule is COc1ccccc1N1CCN(C2CCN(C3CCC(c4ccccc4)CC3)CC2)CC1. The van der Waals surface area contributed by atoms with Gasteiger partial charge in [-0.05, 0) is 75.2 Å². The predicted octanol–water partition coefficient (Wildman–Crippen LogP) is 5.01. The van der Waals surface area contributed by atoms with Crippen molar-refractivity contribution in [2.75, 3.05) is 51.3 Å². The first-order valence-electron chi connectivity index (χ1n) is 12.7. The van der Waals surface area contributed by atoms with Gasteiger partial charge in [0.2, 0.25) is 0 Å². The van der Waals surface area contributed by atoms with Crippen molar-refractivity contribution >= 4 is 5.69 Å². The number of hydrogen-bond acceptors (Lipinski definition) is 4. The average molecular weight is 434 g/mol. The summed E-state index contributed by atoms with van der Waals surface area (Å²) < 4.78 is 5.58. The van der Waals surface area contributed by atoms with Crippen LogP contribution in [0.25, 0.3) is 0 Å². The lowest BCUT2D eigenvalue weighted by Gasteiger charge is -2.46. The topological polar surface area (TPSA) is 19.0 Å². The van der Waals surface area contributed by atoms with Crippen molar-refractivity contribution in [3.8, 4) is 5.75 Å². The van der Waals surface area contributed by atoms with E-state index in [1.807, 2.05) is 0 Å². The number of methoxy groups -OCH3 is 1. The molecule has 0 atom stereocenters. The summed E-state index contributed by atoms with van der Waals surface area (Å²) >= 11 is 0. The number of nitrogens with zero attached hydrogens (tertiary/aromatic N) is 3. The fourth-order valence-electron chi connectivity index (χ4n) is 6.33. The Bertz CT molecular complexity index is 833. The van der Waals surface area contributed by atoms with Crippen LogP contribution < -0.4 is 9.64 Å².